The molecule has 4 nitrogen and oxygen atoms in total. The summed E-state index contributed by atoms with van der Waals surface area (Å²) >= 11 is 1.77. The Morgan fingerprint density at radius 1 is 1.20 bits per heavy atom. The number of carbonyl (C=O) groups is 1. The second-order valence-corrected chi connectivity index (χ2v) is 9.33. The Kier molecular flexibility index (Phi) is 5.78. The fourth-order valence-electron chi connectivity index (χ4n) is 3.16. The van der Waals surface area contributed by atoms with E-state index in [1.54, 1.807) is 16.7 Å². The minimum Gasteiger partial charge on any atom is -0.338 e. The average Bonchev–Trinajstić information content (AvgIpc) is 2.78. The minimum absolute atomic E-state index is 0.0931. The zero-order valence-corrected chi connectivity index (χ0v) is 13.8. The van der Waals surface area contributed by atoms with Crippen molar-refractivity contribution in [1.29, 1.82) is 0 Å². The van der Waals surface area contributed by atoms with Crippen LogP contribution < -0.4 is 0 Å². The molecule has 1 saturated carbocycles. The van der Waals surface area contributed by atoms with E-state index < -0.39 is 9.84 Å². The molecule has 0 aromatic heterocycles. The van der Waals surface area contributed by atoms with Gasteiger partial charge in [0, 0.05) is 17.8 Å². The number of hydrogen-bond acceptors (Lipinski definition) is 4. The molecule has 0 spiro atoms. The van der Waals surface area contributed by atoms with Crippen molar-refractivity contribution >= 4 is 27.5 Å². The van der Waals surface area contributed by atoms with E-state index >= 15 is 0 Å². The third-order valence-electron chi connectivity index (χ3n) is 4.30. The van der Waals surface area contributed by atoms with E-state index in [1.165, 1.54) is 32.1 Å². The number of nitrogens with zero attached hydrogens (tertiary/aromatic N) is 1. The molecule has 2 rings (SSSR count). The van der Waals surface area contributed by atoms with Gasteiger partial charge in [-0.1, -0.05) is 19.3 Å². The maximum atomic E-state index is 12.3. The molecular weight excluding hydrogens is 294 g/mol. The molecule has 6 heteroatoms. The summed E-state index contributed by atoms with van der Waals surface area (Å²) in [5, 5.41) is 0.624. The van der Waals surface area contributed by atoms with Gasteiger partial charge < -0.3 is 4.90 Å². The largest absolute Gasteiger partial charge is 0.338 e. The van der Waals surface area contributed by atoms with Gasteiger partial charge in [-0.2, -0.15) is 0 Å². The monoisotopic (exact) mass is 319 g/mol. The smallest absolute Gasteiger partial charge is 0.232 e. The maximum Gasteiger partial charge on any atom is 0.232 e. The van der Waals surface area contributed by atoms with Crippen molar-refractivity contribution < 1.29 is 13.2 Å². The van der Waals surface area contributed by atoms with E-state index in [-0.39, 0.29) is 23.5 Å². The predicted molar refractivity (Wildman–Crippen MR) is 83.8 cm³/mol. The van der Waals surface area contributed by atoms with Crippen LogP contribution in [0.15, 0.2) is 0 Å². The molecule has 1 saturated heterocycles. The molecule has 116 valence electrons. The Hall–Kier alpha value is -0.230. The third-order valence-corrected chi connectivity index (χ3v) is 7.41. The number of thioether (sulfide) groups is 1. The highest BCUT2D eigenvalue weighted by molar-refractivity contribution is 8.00. The number of hydrogen-bond donors (Lipinski definition) is 0. The van der Waals surface area contributed by atoms with Gasteiger partial charge in [-0.05, 0) is 26.2 Å². The van der Waals surface area contributed by atoms with Gasteiger partial charge in [0.15, 0.2) is 9.84 Å². The van der Waals surface area contributed by atoms with Crippen LogP contribution in [0.2, 0.25) is 0 Å². The van der Waals surface area contributed by atoms with Crippen LogP contribution in [0.4, 0.5) is 0 Å². The van der Waals surface area contributed by atoms with Gasteiger partial charge >= 0.3 is 0 Å². The summed E-state index contributed by atoms with van der Waals surface area (Å²) in [7, 11) is -2.92. The fourth-order valence-corrected chi connectivity index (χ4v) is 6.10. The van der Waals surface area contributed by atoms with E-state index in [0.717, 1.165) is 0 Å². The molecule has 0 N–H and O–H groups in total. The first-order valence-electron chi connectivity index (χ1n) is 7.63. The van der Waals surface area contributed by atoms with E-state index in [0.29, 0.717) is 24.0 Å². The standard InChI is InChI=1S/C14H25NO3S2/c1-2-15(12-8-9-20(17,18)11-12)14(16)10-19-13-6-4-3-5-7-13/h12-13H,2-11H2,1H3. The van der Waals surface area contributed by atoms with E-state index in [1.807, 2.05) is 6.92 Å². The Balaban J connectivity index is 1.82. The molecule has 0 aromatic rings. The summed E-state index contributed by atoms with van der Waals surface area (Å²) in [5.41, 5.74) is 0. The molecule has 1 amide bonds. The molecule has 1 aliphatic heterocycles. The number of amides is 1. The van der Waals surface area contributed by atoms with Gasteiger partial charge in [-0.3, -0.25) is 4.79 Å². The van der Waals surface area contributed by atoms with Crippen LogP contribution in [0.5, 0.6) is 0 Å². The molecule has 20 heavy (non-hydrogen) atoms. The highest BCUT2D eigenvalue weighted by Crippen LogP contribution is 2.28. The van der Waals surface area contributed by atoms with Crippen molar-refractivity contribution in [2.45, 2.75) is 56.7 Å². The van der Waals surface area contributed by atoms with Gasteiger partial charge in [0.2, 0.25) is 5.91 Å². The van der Waals surface area contributed by atoms with Crippen molar-refractivity contribution in [3.63, 3.8) is 0 Å². The van der Waals surface area contributed by atoms with Crippen molar-refractivity contribution in [2.75, 3.05) is 23.8 Å². The lowest BCUT2D eigenvalue weighted by molar-refractivity contribution is -0.129. The van der Waals surface area contributed by atoms with Crippen molar-refractivity contribution in [3.05, 3.63) is 0 Å². The second kappa shape index (κ2) is 7.16. The summed E-state index contributed by atoms with van der Waals surface area (Å²) in [6.45, 7) is 2.55. The van der Waals surface area contributed by atoms with Crippen LogP contribution >= 0.6 is 11.8 Å². The van der Waals surface area contributed by atoms with Crippen molar-refractivity contribution in [1.82, 2.24) is 4.90 Å². The topological polar surface area (TPSA) is 54.5 Å². The Morgan fingerprint density at radius 3 is 2.45 bits per heavy atom. The van der Waals surface area contributed by atoms with E-state index in [9.17, 15) is 13.2 Å². The third kappa shape index (κ3) is 4.38. The molecule has 0 bridgehead atoms. The highest BCUT2D eigenvalue weighted by Gasteiger charge is 2.33. The maximum absolute atomic E-state index is 12.3. The van der Waals surface area contributed by atoms with Gasteiger partial charge in [-0.15, -0.1) is 11.8 Å². The quantitative estimate of drug-likeness (QED) is 0.778. The number of carbonyl (C=O) groups excluding carboxylic acids is 1. The van der Waals surface area contributed by atoms with E-state index in [4.69, 9.17) is 0 Å². The summed E-state index contributed by atoms with van der Waals surface area (Å²) < 4.78 is 23.1. The lowest BCUT2D eigenvalue weighted by Crippen LogP contribution is -2.42. The van der Waals surface area contributed by atoms with Gasteiger partial charge in [0.1, 0.15) is 0 Å². The number of sulfone groups is 1. The Morgan fingerprint density at radius 2 is 1.90 bits per heavy atom. The first-order valence-corrected chi connectivity index (χ1v) is 10.5. The molecule has 1 aliphatic carbocycles. The van der Waals surface area contributed by atoms with Crippen LogP contribution in [-0.4, -0.2) is 54.3 Å². The van der Waals surface area contributed by atoms with Gasteiger partial charge in [-0.25, -0.2) is 8.42 Å². The van der Waals surface area contributed by atoms with Crippen molar-refractivity contribution in [2.24, 2.45) is 0 Å². The molecule has 2 fully saturated rings. The molecule has 1 heterocycles. The molecule has 1 atom stereocenters. The summed E-state index contributed by atoms with van der Waals surface area (Å²) in [6, 6.07) is -0.0931. The first-order chi connectivity index (χ1) is 9.52. The van der Waals surface area contributed by atoms with Crippen LogP contribution in [0.1, 0.15) is 45.4 Å². The normalized spacial score (nSPS) is 26.6. The lowest BCUT2D eigenvalue weighted by atomic mass is 10.0. The summed E-state index contributed by atoms with van der Waals surface area (Å²) in [5.74, 6) is 1.01. The Bertz CT molecular complexity index is 430. The van der Waals surface area contributed by atoms with Crippen LogP contribution in [0, 0.1) is 0 Å². The molecule has 1 unspecified atom stereocenters. The molecule has 0 aromatic carbocycles. The average molecular weight is 319 g/mol. The molecule has 0 radical (unpaired) electrons. The second-order valence-electron chi connectivity index (χ2n) is 5.81. The van der Waals surface area contributed by atoms with Gasteiger partial charge in [0.25, 0.3) is 0 Å². The van der Waals surface area contributed by atoms with Crippen LogP contribution in [0.3, 0.4) is 0 Å². The van der Waals surface area contributed by atoms with Crippen molar-refractivity contribution in [3.8, 4) is 0 Å². The summed E-state index contributed by atoms with van der Waals surface area (Å²) in [6.07, 6.45) is 6.94. The van der Waals surface area contributed by atoms with Crippen LogP contribution in [0.25, 0.3) is 0 Å². The molecule has 2 aliphatic rings. The van der Waals surface area contributed by atoms with Crippen LogP contribution in [-0.2, 0) is 14.6 Å². The lowest BCUT2D eigenvalue weighted by Gasteiger charge is -2.28. The number of rotatable bonds is 5. The SMILES string of the molecule is CCN(C(=O)CSC1CCCCC1)C1CCS(=O)(=O)C1. The predicted octanol–water partition coefficient (Wildman–Crippen LogP) is 2.09. The van der Waals surface area contributed by atoms with Gasteiger partial charge in [0.05, 0.1) is 17.3 Å². The van der Waals surface area contributed by atoms with E-state index in [2.05, 4.69) is 0 Å². The molecular formula is C14H25NO3S2. The Labute approximate surface area is 126 Å². The highest BCUT2D eigenvalue weighted by atomic mass is 32.2. The first kappa shape index (κ1) is 16.1. The zero-order valence-electron chi connectivity index (χ0n) is 12.2. The summed E-state index contributed by atoms with van der Waals surface area (Å²) in [4.78, 5) is 14.1. The fraction of sp³-hybridized carbons (Fsp3) is 0.929. The minimum atomic E-state index is -2.92. The zero-order chi connectivity index (χ0) is 14.6.